The summed E-state index contributed by atoms with van der Waals surface area (Å²) in [7, 11) is 0. The second-order valence-corrected chi connectivity index (χ2v) is 11.1. The Hall–Kier alpha value is -2.53. The Balaban J connectivity index is 1.21. The first kappa shape index (κ1) is 22.0. The van der Waals surface area contributed by atoms with Crippen LogP contribution in [0.5, 0.6) is 0 Å². The van der Waals surface area contributed by atoms with Crippen molar-refractivity contribution >= 4 is 54.7 Å². The molecule has 0 unspecified atom stereocenters. The van der Waals surface area contributed by atoms with Gasteiger partial charge in [-0.3, -0.25) is 0 Å². The molecule has 178 valence electrons. The molecule has 4 aromatic heterocycles. The number of aryl methyl sites for hydroxylation is 3. The number of halogens is 3. The summed E-state index contributed by atoms with van der Waals surface area (Å²) in [5.74, 6) is 0.933. The summed E-state index contributed by atoms with van der Waals surface area (Å²) in [4.78, 5) is 19.6. The molecule has 0 radical (unpaired) electrons. The quantitative estimate of drug-likeness (QED) is 0.291. The van der Waals surface area contributed by atoms with Crippen molar-refractivity contribution in [3.8, 4) is 0 Å². The molecule has 0 aliphatic heterocycles. The van der Waals surface area contributed by atoms with Crippen LogP contribution < -0.4 is 10.6 Å². The standard InChI is InChI=1S/C23H23F3N6S2/c1-11-10-33-21-17(11)19(28-13-7-8-13)29-16(30-21)4-2-3-14-9-15-18(27-12-5-6-12)31-22(23(24,25)26)32-20(15)34-14/h9-10,12-13H,2-8H2,1H3,(H,27,31,32)(H,28,29,30). The van der Waals surface area contributed by atoms with Crippen LogP contribution in [0.1, 0.15) is 54.2 Å². The van der Waals surface area contributed by atoms with E-state index in [2.05, 4.69) is 32.9 Å². The van der Waals surface area contributed by atoms with Gasteiger partial charge in [-0.15, -0.1) is 22.7 Å². The maximum Gasteiger partial charge on any atom is 0.451 e. The number of fused-ring (bicyclic) bond motifs is 2. The second-order valence-electron chi connectivity index (χ2n) is 9.10. The van der Waals surface area contributed by atoms with Crippen LogP contribution in [-0.4, -0.2) is 32.0 Å². The van der Waals surface area contributed by atoms with Gasteiger partial charge in [0, 0.05) is 23.4 Å². The summed E-state index contributed by atoms with van der Waals surface area (Å²) >= 11 is 2.94. The number of thiophene rings is 2. The zero-order valence-electron chi connectivity index (χ0n) is 18.5. The van der Waals surface area contributed by atoms with Crippen LogP contribution in [0.2, 0.25) is 0 Å². The predicted octanol–water partition coefficient (Wildman–Crippen LogP) is 6.35. The van der Waals surface area contributed by atoms with Crippen molar-refractivity contribution < 1.29 is 13.2 Å². The number of alkyl halides is 3. The molecule has 0 bridgehead atoms. The summed E-state index contributed by atoms with van der Waals surface area (Å²) < 4.78 is 39.9. The minimum atomic E-state index is -4.57. The Kier molecular flexibility index (Phi) is 5.36. The number of hydrogen-bond acceptors (Lipinski definition) is 8. The normalized spacial score (nSPS) is 16.5. The summed E-state index contributed by atoms with van der Waals surface area (Å²) in [6.45, 7) is 2.08. The van der Waals surface area contributed by atoms with Crippen LogP contribution in [0.3, 0.4) is 0 Å². The van der Waals surface area contributed by atoms with Gasteiger partial charge in [0.1, 0.15) is 27.1 Å². The van der Waals surface area contributed by atoms with Crippen LogP contribution in [0.15, 0.2) is 11.4 Å². The van der Waals surface area contributed by atoms with Gasteiger partial charge in [-0.1, -0.05) is 0 Å². The molecule has 0 aromatic carbocycles. The Morgan fingerprint density at radius 2 is 1.68 bits per heavy atom. The molecule has 2 saturated carbocycles. The van der Waals surface area contributed by atoms with E-state index in [9.17, 15) is 13.2 Å². The van der Waals surface area contributed by atoms with Crippen molar-refractivity contribution in [3.63, 3.8) is 0 Å². The van der Waals surface area contributed by atoms with E-state index in [0.717, 1.165) is 52.4 Å². The second kappa shape index (κ2) is 8.30. The van der Waals surface area contributed by atoms with E-state index in [1.54, 1.807) is 11.3 Å². The zero-order chi connectivity index (χ0) is 23.4. The van der Waals surface area contributed by atoms with Crippen LogP contribution in [0.25, 0.3) is 20.4 Å². The third-order valence-electron chi connectivity index (χ3n) is 6.02. The molecular weight excluding hydrogens is 481 g/mol. The lowest BCUT2D eigenvalue weighted by Crippen LogP contribution is -2.13. The lowest BCUT2D eigenvalue weighted by Gasteiger charge is -2.09. The Morgan fingerprint density at radius 3 is 2.38 bits per heavy atom. The highest BCUT2D eigenvalue weighted by molar-refractivity contribution is 7.18. The molecule has 11 heteroatoms. The highest BCUT2D eigenvalue weighted by atomic mass is 32.1. The Bertz CT molecular complexity index is 1370. The third kappa shape index (κ3) is 4.55. The Morgan fingerprint density at radius 1 is 0.941 bits per heavy atom. The summed E-state index contributed by atoms with van der Waals surface area (Å²) in [5.41, 5.74) is 1.19. The van der Waals surface area contributed by atoms with Crippen molar-refractivity contribution in [2.24, 2.45) is 0 Å². The molecule has 2 fully saturated rings. The lowest BCUT2D eigenvalue weighted by atomic mass is 10.2. The molecule has 4 heterocycles. The monoisotopic (exact) mass is 504 g/mol. The number of rotatable bonds is 8. The topological polar surface area (TPSA) is 75.6 Å². The van der Waals surface area contributed by atoms with Crippen molar-refractivity contribution in [3.05, 3.63) is 33.5 Å². The van der Waals surface area contributed by atoms with Gasteiger partial charge >= 0.3 is 6.18 Å². The van der Waals surface area contributed by atoms with E-state index in [4.69, 9.17) is 9.97 Å². The fourth-order valence-electron chi connectivity index (χ4n) is 3.94. The van der Waals surface area contributed by atoms with E-state index in [1.165, 1.54) is 29.7 Å². The first-order chi connectivity index (χ1) is 16.3. The fourth-order valence-corrected chi connectivity index (χ4v) is 5.95. The molecule has 6 rings (SSSR count). The zero-order valence-corrected chi connectivity index (χ0v) is 20.1. The SMILES string of the molecule is Cc1csc2nc(CCCc3cc4c(NC5CC5)nc(C(F)(F)F)nc4s3)nc(NC3CC3)c12. The van der Waals surface area contributed by atoms with Gasteiger partial charge in [0.25, 0.3) is 0 Å². The average Bonchev–Trinajstić information content (AvgIpc) is 3.69. The summed E-state index contributed by atoms with van der Waals surface area (Å²) in [5, 5.41) is 10.6. The van der Waals surface area contributed by atoms with Crippen molar-refractivity contribution in [1.29, 1.82) is 0 Å². The minimum Gasteiger partial charge on any atom is -0.367 e. The molecule has 4 aromatic rings. The smallest absolute Gasteiger partial charge is 0.367 e. The third-order valence-corrected chi connectivity index (χ3v) is 8.10. The first-order valence-corrected chi connectivity index (χ1v) is 13.2. The van der Waals surface area contributed by atoms with Crippen LogP contribution in [-0.2, 0) is 19.0 Å². The van der Waals surface area contributed by atoms with Crippen LogP contribution in [0.4, 0.5) is 24.8 Å². The summed E-state index contributed by atoms with van der Waals surface area (Å²) in [6.07, 6.45) is 1.91. The van der Waals surface area contributed by atoms with Crippen molar-refractivity contribution in [2.75, 3.05) is 10.6 Å². The number of hydrogen-bond donors (Lipinski definition) is 2. The molecule has 2 aliphatic rings. The van der Waals surface area contributed by atoms with Crippen molar-refractivity contribution in [1.82, 2.24) is 19.9 Å². The number of anilines is 2. The summed E-state index contributed by atoms with van der Waals surface area (Å²) in [6, 6.07) is 2.64. The van der Waals surface area contributed by atoms with E-state index in [0.29, 0.717) is 28.5 Å². The maximum atomic E-state index is 13.3. The maximum absolute atomic E-state index is 13.3. The molecule has 0 saturated heterocycles. The minimum absolute atomic E-state index is 0.203. The molecule has 0 atom stereocenters. The molecule has 6 nitrogen and oxygen atoms in total. The lowest BCUT2D eigenvalue weighted by molar-refractivity contribution is -0.144. The van der Waals surface area contributed by atoms with E-state index in [-0.39, 0.29) is 6.04 Å². The molecule has 34 heavy (non-hydrogen) atoms. The highest BCUT2D eigenvalue weighted by Gasteiger charge is 2.36. The average molecular weight is 505 g/mol. The van der Waals surface area contributed by atoms with Gasteiger partial charge in [-0.25, -0.2) is 19.9 Å². The van der Waals surface area contributed by atoms with Gasteiger partial charge in [0.05, 0.1) is 10.8 Å². The molecule has 0 amide bonds. The van der Waals surface area contributed by atoms with Gasteiger partial charge in [0.2, 0.25) is 5.82 Å². The Labute approximate surface area is 202 Å². The van der Waals surface area contributed by atoms with E-state index >= 15 is 0 Å². The molecule has 0 spiro atoms. The number of nitrogens with zero attached hydrogens (tertiary/aromatic N) is 4. The predicted molar refractivity (Wildman–Crippen MR) is 130 cm³/mol. The van der Waals surface area contributed by atoms with Crippen molar-refractivity contribution in [2.45, 2.75) is 70.1 Å². The number of aromatic nitrogens is 4. The largest absolute Gasteiger partial charge is 0.451 e. The molecule has 2 aliphatic carbocycles. The van der Waals surface area contributed by atoms with E-state index in [1.807, 2.05) is 6.07 Å². The molecular formula is C23H23F3N6S2. The molecule has 2 N–H and O–H groups in total. The van der Waals surface area contributed by atoms with Crippen LogP contribution in [0, 0.1) is 6.92 Å². The number of nitrogens with one attached hydrogen (secondary N) is 2. The van der Waals surface area contributed by atoms with Crippen LogP contribution >= 0.6 is 22.7 Å². The van der Waals surface area contributed by atoms with Gasteiger partial charge in [-0.05, 0) is 62.5 Å². The van der Waals surface area contributed by atoms with Gasteiger partial charge in [-0.2, -0.15) is 13.2 Å². The first-order valence-electron chi connectivity index (χ1n) is 11.5. The fraction of sp³-hybridized carbons (Fsp3) is 0.478. The highest BCUT2D eigenvalue weighted by Crippen LogP contribution is 2.37. The van der Waals surface area contributed by atoms with E-state index < -0.39 is 12.0 Å². The van der Waals surface area contributed by atoms with Gasteiger partial charge < -0.3 is 10.6 Å². The van der Waals surface area contributed by atoms with Gasteiger partial charge in [0.15, 0.2) is 0 Å².